The first kappa shape index (κ1) is 13.1. The highest BCUT2D eigenvalue weighted by Crippen LogP contribution is 2.33. The number of fused-ring (bicyclic) bond motifs is 2. The first-order chi connectivity index (χ1) is 9.31. The van der Waals surface area contributed by atoms with Gasteiger partial charge in [-0.3, -0.25) is 4.79 Å². The van der Waals surface area contributed by atoms with Crippen LogP contribution in [0.4, 0.5) is 0 Å². The van der Waals surface area contributed by atoms with Gasteiger partial charge in [0.1, 0.15) is 0 Å². The van der Waals surface area contributed by atoms with Crippen LogP contribution in [0.5, 0.6) is 0 Å². The van der Waals surface area contributed by atoms with Crippen molar-refractivity contribution in [3.63, 3.8) is 0 Å². The second-order valence-corrected chi connectivity index (χ2v) is 5.10. The maximum atomic E-state index is 11.9. The number of hydrogen-bond donors (Lipinski definition) is 1. The number of hydrogen-bond acceptors (Lipinski definition) is 2. The maximum Gasteiger partial charge on any atom is 0.201 e. The van der Waals surface area contributed by atoms with Crippen LogP contribution in [0.15, 0.2) is 65.0 Å². The molecule has 1 aromatic rings. The summed E-state index contributed by atoms with van der Waals surface area (Å²) >= 11 is 0. The number of carbonyl (C=O) groups excluding carboxylic acids is 1. The Kier molecular flexibility index (Phi) is 3.22. The van der Waals surface area contributed by atoms with Gasteiger partial charge in [0, 0.05) is 12.1 Å². The fourth-order valence-corrected chi connectivity index (χ4v) is 2.88. The second kappa shape index (κ2) is 4.91. The predicted octanol–water partition coefficient (Wildman–Crippen LogP) is 3.47. The van der Waals surface area contributed by atoms with Gasteiger partial charge in [0.2, 0.25) is 5.78 Å². The molecule has 0 spiro atoms. The Balaban J connectivity index is 0.00000121. The molecule has 0 unspecified atom stereocenters. The average Bonchev–Trinajstić information content (AvgIpc) is 2.44. The highest BCUT2D eigenvalue weighted by Gasteiger charge is 2.25. The third-order valence-corrected chi connectivity index (χ3v) is 3.86. The van der Waals surface area contributed by atoms with Gasteiger partial charge in [0.05, 0.1) is 5.70 Å². The largest absolute Gasteiger partial charge is 0.352 e. The summed E-state index contributed by atoms with van der Waals surface area (Å²) in [6, 6.07) is 8.41. The zero-order chi connectivity index (χ0) is 12.8. The Morgan fingerprint density at radius 3 is 2.85 bits per heavy atom. The third-order valence-electron chi connectivity index (χ3n) is 3.86. The van der Waals surface area contributed by atoms with Gasteiger partial charge in [-0.05, 0) is 40.8 Å². The van der Waals surface area contributed by atoms with Crippen molar-refractivity contribution in [3.05, 3.63) is 76.2 Å². The summed E-state index contributed by atoms with van der Waals surface area (Å²) in [5.41, 5.74) is 6.79. The van der Waals surface area contributed by atoms with Gasteiger partial charge in [0.15, 0.2) is 0 Å². The molecule has 1 aromatic carbocycles. The monoisotopic (exact) mass is 327 g/mol. The zero-order valence-electron chi connectivity index (χ0n) is 10.8. The van der Waals surface area contributed by atoms with E-state index < -0.39 is 0 Å². The van der Waals surface area contributed by atoms with E-state index in [-0.39, 0.29) is 22.8 Å². The van der Waals surface area contributed by atoms with Crippen molar-refractivity contribution in [2.24, 2.45) is 0 Å². The van der Waals surface area contributed by atoms with Gasteiger partial charge in [-0.15, -0.1) is 17.0 Å². The highest BCUT2D eigenvalue weighted by atomic mass is 79.9. The summed E-state index contributed by atoms with van der Waals surface area (Å²) in [4.78, 5) is 11.9. The molecule has 3 heteroatoms. The molecule has 2 aliphatic carbocycles. The van der Waals surface area contributed by atoms with Crippen LogP contribution in [0.25, 0.3) is 6.08 Å². The normalized spacial score (nSPS) is 18.9. The number of dihydropyridines is 1. The van der Waals surface area contributed by atoms with E-state index in [1.54, 1.807) is 6.08 Å². The molecule has 1 N–H and O–H groups in total. The minimum atomic E-state index is 0. The van der Waals surface area contributed by atoms with Gasteiger partial charge < -0.3 is 5.32 Å². The summed E-state index contributed by atoms with van der Waals surface area (Å²) in [6.45, 7) is 0. The van der Waals surface area contributed by atoms with E-state index in [0.717, 1.165) is 29.8 Å². The molecular formula is C17H14BrNO. The van der Waals surface area contributed by atoms with Crippen LogP contribution in [-0.2, 0) is 11.2 Å². The third kappa shape index (κ3) is 1.98. The summed E-state index contributed by atoms with van der Waals surface area (Å²) in [6.07, 6.45) is 9.68. The highest BCUT2D eigenvalue weighted by molar-refractivity contribution is 8.93. The molecule has 0 amide bonds. The van der Waals surface area contributed by atoms with Gasteiger partial charge in [0.25, 0.3) is 0 Å². The lowest BCUT2D eigenvalue weighted by Crippen LogP contribution is -2.28. The van der Waals surface area contributed by atoms with E-state index in [2.05, 4.69) is 35.7 Å². The summed E-state index contributed by atoms with van der Waals surface area (Å²) in [7, 11) is 0. The second-order valence-electron chi connectivity index (χ2n) is 5.10. The van der Waals surface area contributed by atoms with Crippen molar-refractivity contribution in [2.75, 3.05) is 0 Å². The summed E-state index contributed by atoms with van der Waals surface area (Å²) in [5.74, 6) is 0.0799. The number of nitrogens with one attached hydrogen (secondary N) is 1. The first-order valence-electron chi connectivity index (χ1n) is 6.53. The molecule has 0 aromatic heterocycles. The van der Waals surface area contributed by atoms with Crippen LogP contribution in [0.1, 0.15) is 17.5 Å². The van der Waals surface area contributed by atoms with Crippen molar-refractivity contribution in [2.45, 2.75) is 12.8 Å². The topological polar surface area (TPSA) is 29.1 Å². The molecule has 1 heterocycles. The molecule has 100 valence electrons. The van der Waals surface area contributed by atoms with Crippen LogP contribution in [0, 0.1) is 0 Å². The minimum absolute atomic E-state index is 0. The molecule has 0 bridgehead atoms. The molecule has 0 fully saturated rings. The average molecular weight is 328 g/mol. The Morgan fingerprint density at radius 1 is 1.10 bits per heavy atom. The zero-order valence-corrected chi connectivity index (χ0v) is 12.6. The molecule has 0 radical (unpaired) electrons. The van der Waals surface area contributed by atoms with E-state index in [1.165, 1.54) is 16.7 Å². The van der Waals surface area contributed by atoms with Crippen LogP contribution in [0.2, 0.25) is 0 Å². The summed E-state index contributed by atoms with van der Waals surface area (Å²) < 4.78 is 0. The van der Waals surface area contributed by atoms with E-state index in [0.29, 0.717) is 0 Å². The predicted molar refractivity (Wildman–Crippen MR) is 85.5 cm³/mol. The molecule has 0 atom stereocenters. The molecule has 4 rings (SSSR count). The molecule has 20 heavy (non-hydrogen) atoms. The van der Waals surface area contributed by atoms with Gasteiger partial charge in [-0.1, -0.05) is 36.4 Å². The first-order valence-corrected chi connectivity index (χ1v) is 6.53. The van der Waals surface area contributed by atoms with Gasteiger partial charge in [-0.2, -0.15) is 0 Å². The smallest absolute Gasteiger partial charge is 0.201 e. The Hall–Kier alpha value is -1.87. The maximum absolute atomic E-state index is 11.9. The molecule has 0 saturated heterocycles. The van der Waals surface area contributed by atoms with Crippen LogP contribution in [0.3, 0.4) is 0 Å². The van der Waals surface area contributed by atoms with E-state index in [1.807, 2.05) is 12.1 Å². The standard InChI is InChI=1S/C17H13NO.BrH/c19-16-7-3-6-13-9-14-8-11-4-1-2-5-12(11)10-15(14)18-17(13)16;/h1-5,7,9-10,18H,6,8H2;1H. The number of carbonyl (C=O) groups is 1. The number of rotatable bonds is 0. The fraction of sp³-hybridized carbons (Fsp3) is 0.118. The van der Waals surface area contributed by atoms with Crippen LogP contribution >= 0.6 is 17.0 Å². The van der Waals surface area contributed by atoms with Crippen molar-refractivity contribution in [1.29, 1.82) is 0 Å². The van der Waals surface area contributed by atoms with Crippen molar-refractivity contribution in [1.82, 2.24) is 5.32 Å². The quantitative estimate of drug-likeness (QED) is 0.790. The van der Waals surface area contributed by atoms with Crippen molar-refractivity contribution in [3.8, 4) is 0 Å². The molecule has 2 nitrogen and oxygen atoms in total. The van der Waals surface area contributed by atoms with Gasteiger partial charge >= 0.3 is 0 Å². The fourth-order valence-electron chi connectivity index (χ4n) is 2.88. The molecule has 3 aliphatic rings. The van der Waals surface area contributed by atoms with Crippen LogP contribution in [-0.4, -0.2) is 5.78 Å². The molecule has 1 aliphatic heterocycles. The lowest BCUT2D eigenvalue weighted by molar-refractivity contribution is -0.111. The minimum Gasteiger partial charge on any atom is -0.352 e. The van der Waals surface area contributed by atoms with Crippen molar-refractivity contribution >= 4 is 28.8 Å². The number of halogens is 1. The lowest BCUT2D eigenvalue weighted by atomic mass is 9.86. The Morgan fingerprint density at radius 2 is 1.95 bits per heavy atom. The number of ketones is 1. The van der Waals surface area contributed by atoms with E-state index in [4.69, 9.17) is 0 Å². The SMILES string of the molecule is Br.O=C1C=CCC2=C1NC1=Cc3ccccc3CC1=C2. The molecular weight excluding hydrogens is 314 g/mol. The van der Waals surface area contributed by atoms with E-state index in [9.17, 15) is 4.79 Å². The van der Waals surface area contributed by atoms with Crippen molar-refractivity contribution < 1.29 is 4.79 Å². The molecule has 0 saturated carbocycles. The lowest BCUT2D eigenvalue weighted by Gasteiger charge is -2.28. The number of allylic oxidation sites excluding steroid dienone is 5. The van der Waals surface area contributed by atoms with E-state index >= 15 is 0 Å². The Labute approximate surface area is 128 Å². The number of benzene rings is 1. The summed E-state index contributed by atoms with van der Waals surface area (Å²) in [5, 5.41) is 3.32. The van der Waals surface area contributed by atoms with Crippen LogP contribution < -0.4 is 5.32 Å². The Bertz CT molecular complexity index is 722. The van der Waals surface area contributed by atoms with Gasteiger partial charge in [-0.25, -0.2) is 0 Å².